The van der Waals surface area contributed by atoms with Crippen LogP contribution >= 0.6 is 0 Å². The van der Waals surface area contributed by atoms with Crippen molar-refractivity contribution < 1.29 is 4.92 Å². The van der Waals surface area contributed by atoms with E-state index in [9.17, 15) is 10.1 Å². The maximum Gasteiger partial charge on any atom is 0.355 e. The first kappa shape index (κ1) is 13.9. The summed E-state index contributed by atoms with van der Waals surface area (Å²) in [7, 11) is 0. The third kappa shape index (κ3) is 2.20. The molecule has 8 nitrogen and oxygen atoms in total. The van der Waals surface area contributed by atoms with Gasteiger partial charge in [-0.2, -0.15) is 5.10 Å². The number of aryl methyl sites for hydroxylation is 1. The van der Waals surface area contributed by atoms with Gasteiger partial charge in [0.25, 0.3) is 0 Å². The average molecular weight is 276 g/mol. The van der Waals surface area contributed by atoms with Crippen LogP contribution in [0.3, 0.4) is 0 Å². The van der Waals surface area contributed by atoms with Crippen LogP contribution < -0.4 is 5.32 Å². The molecule has 0 unspecified atom stereocenters. The molecule has 0 spiro atoms. The number of nitrogens with zero attached hydrogens (tertiary/aromatic N) is 5. The van der Waals surface area contributed by atoms with E-state index in [1.165, 1.54) is 11.0 Å². The molecule has 2 aromatic heterocycles. The minimum absolute atomic E-state index is 0.167. The molecule has 0 radical (unpaired) electrons. The van der Waals surface area contributed by atoms with Crippen molar-refractivity contribution >= 4 is 11.5 Å². The molecule has 0 aliphatic carbocycles. The Morgan fingerprint density at radius 3 is 2.55 bits per heavy atom. The van der Waals surface area contributed by atoms with Crippen molar-refractivity contribution in [2.45, 2.75) is 27.7 Å². The van der Waals surface area contributed by atoms with Crippen LogP contribution in [0.2, 0.25) is 0 Å². The smallest absolute Gasteiger partial charge is 0.355 e. The maximum absolute atomic E-state index is 11.3. The molecule has 8 heteroatoms. The monoisotopic (exact) mass is 276 g/mol. The summed E-state index contributed by atoms with van der Waals surface area (Å²) in [5.74, 6) is 0.377. The average Bonchev–Trinajstić information content (AvgIpc) is 2.66. The van der Waals surface area contributed by atoms with Gasteiger partial charge in [-0.3, -0.25) is 10.1 Å². The predicted octanol–water partition coefficient (Wildman–Crippen LogP) is 1.93. The lowest BCUT2D eigenvalue weighted by Gasteiger charge is -2.08. The minimum Gasteiger partial charge on any atom is -0.364 e. The Morgan fingerprint density at radius 2 is 2.05 bits per heavy atom. The molecule has 0 saturated heterocycles. The molecule has 0 atom stereocenters. The van der Waals surface area contributed by atoms with Crippen LogP contribution in [0, 0.1) is 30.9 Å². The van der Waals surface area contributed by atoms with Crippen LogP contribution in [0.5, 0.6) is 0 Å². The molecular formula is C12H16N6O2. The van der Waals surface area contributed by atoms with Crippen molar-refractivity contribution in [3.05, 3.63) is 33.4 Å². The van der Waals surface area contributed by atoms with E-state index < -0.39 is 4.92 Å². The number of nitro groups is 1. The van der Waals surface area contributed by atoms with Crippen molar-refractivity contribution in [3.63, 3.8) is 0 Å². The Labute approximate surface area is 116 Å². The van der Waals surface area contributed by atoms with Gasteiger partial charge in [-0.1, -0.05) is 0 Å². The SMILES string of the molecule is CCNc1ncnc(-n2nc(C)c(C)c2C)c1[N+](=O)[O-]. The zero-order valence-corrected chi connectivity index (χ0v) is 11.8. The molecule has 0 aromatic carbocycles. The van der Waals surface area contributed by atoms with Crippen LogP contribution in [-0.2, 0) is 0 Å². The summed E-state index contributed by atoms with van der Waals surface area (Å²) in [5, 5.41) is 18.5. The quantitative estimate of drug-likeness (QED) is 0.676. The van der Waals surface area contributed by atoms with Gasteiger partial charge < -0.3 is 5.32 Å². The molecule has 2 heterocycles. The zero-order chi connectivity index (χ0) is 14.9. The lowest BCUT2D eigenvalue weighted by molar-refractivity contribution is -0.384. The summed E-state index contributed by atoms with van der Waals surface area (Å²) in [6.45, 7) is 8.02. The van der Waals surface area contributed by atoms with Crippen LogP contribution in [-0.4, -0.2) is 31.2 Å². The predicted molar refractivity (Wildman–Crippen MR) is 74.2 cm³/mol. The molecule has 20 heavy (non-hydrogen) atoms. The Kier molecular flexibility index (Phi) is 3.64. The zero-order valence-electron chi connectivity index (χ0n) is 11.8. The van der Waals surface area contributed by atoms with E-state index >= 15 is 0 Å². The number of hydrogen-bond donors (Lipinski definition) is 1. The summed E-state index contributed by atoms with van der Waals surface area (Å²) in [6, 6.07) is 0. The molecule has 2 aromatic rings. The first-order valence-corrected chi connectivity index (χ1v) is 6.23. The largest absolute Gasteiger partial charge is 0.364 e. The highest BCUT2D eigenvalue weighted by atomic mass is 16.6. The molecule has 0 fully saturated rings. The fraction of sp³-hybridized carbons (Fsp3) is 0.417. The highest BCUT2D eigenvalue weighted by Gasteiger charge is 2.26. The highest BCUT2D eigenvalue weighted by molar-refractivity contribution is 5.64. The highest BCUT2D eigenvalue weighted by Crippen LogP contribution is 2.29. The third-order valence-corrected chi connectivity index (χ3v) is 3.18. The number of hydrogen-bond acceptors (Lipinski definition) is 6. The van der Waals surface area contributed by atoms with Gasteiger partial charge in [0.15, 0.2) is 0 Å². The van der Waals surface area contributed by atoms with Gasteiger partial charge in [0.2, 0.25) is 11.6 Å². The van der Waals surface area contributed by atoms with Gasteiger partial charge in [0.1, 0.15) is 6.33 Å². The summed E-state index contributed by atoms with van der Waals surface area (Å²) >= 11 is 0. The lowest BCUT2D eigenvalue weighted by Crippen LogP contribution is -2.11. The summed E-state index contributed by atoms with van der Waals surface area (Å²) in [5.41, 5.74) is 2.47. The molecule has 1 N–H and O–H groups in total. The summed E-state index contributed by atoms with van der Waals surface area (Å²) in [4.78, 5) is 18.8. The van der Waals surface area contributed by atoms with Gasteiger partial charge >= 0.3 is 5.69 Å². The van der Waals surface area contributed by atoms with Gasteiger partial charge in [0, 0.05) is 12.2 Å². The first-order chi connectivity index (χ1) is 9.47. The van der Waals surface area contributed by atoms with Crippen molar-refractivity contribution in [2.24, 2.45) is 0 Å². The molecule has 0 aliphatic heterocycles. The maximum atomic E-state index is 11.3. The standard InChI is InChI=1S/C12H16N6O2/c1-5-13-11-10(18(19)20)12(15-6-14-11)17-9(4)7(2)8(3)16-17/h6H,5H2,1-4H3,(H,13,14,15). The van der Waals surface area contributed by atoms with Crippen LogP contribution in [0.1, 0.15) is 23.9 Å². The number of anilines is 1. The fourth-order valence-electron chi connectivity index (χ4n) is 1.92. The van der Waals surface area contributed by atoms with E-state index in [0.29, 0.717) is 6.54 Å². The van der Waals surface area contributed by atoms with Crippen molar-refractivity contribution in [1.82, 2.24) is 19.7 Å². The normalized spacial score (nSPS) is 10.6. The molecular weight excluding hydrogens is 260 g/mol. The topological polar surface area (TPSA) is 98.8 Å². The lowest BCUT2D eigenvalue weighted by atomic mass is 10.2. The van der Waals surface area contributed by atoms with Crippen molar-refractivity contribution in [2.75, 3.05) is 11.9 Å². The second-order valence-corrected chi connectivity index (χ2v) is 4.39. The van der Waals surface area contributed by atoms with Gasteiger partial charge in [-0.05, 0) is 33.3 Å². The van der Waals surface area contributed by atoms with E-state index in [4.69, 9.17) is 0 Å². The second kappa shape index (κ2) is 5.24. The van der Waals surface area contributed by atoms with E-state index in [1.54, 1.807) is 0 Å². The first-order valence-electron chi connectivity index (χ1n) is 6.23. The Bertz CT molecular complexity index is 664. The molecule has 0 bridgehead atoms. The second-order valence-electron chi connectivity index (χ2n) is 4.39. The number of aromatic nitrogens is 4. The van der Waals surface area contributed by atoms with Gasteiger partial charge in [0.05, 0.1) is 10.6 Å². The third-order valence-electron chi connectivity index (χ3n) is 3.18. The number of nitrogens with one attached hydrogen (secondary N) is 1. The molecule has 0 saturated carbocycles. The Balaban J connectivity index is 2.70. The van der Waals surface area contributed by atoms with Crippen LogP contribution in [0.15, 0.2) is 6.33 Å². The van der Waals surface area contributed by atoms with Gasteiger partial charge in [-0.25, -0.2) is 14.6 Å². The molecule has 2 rings (SSSR count). The fourth-order valence-corrected chi connectivity index (χ4v) is 1.92. The Hall–Kier alpha value is -2.51. The van der Waals surface area contributed by atoms with E-state index in [-0.39, 0.29) is 17.3 Å². The van der Waals surface area contributed by atoms with Crippen molar-refractivity contribution in [1.29, 1.82) is 0 Å². The van der Waals surface area contributed by atoms with Crippen LogP contribution in [0.25, 0.3) is 5.82 Å². The van der Waals surface area contributed by atoms with Crippen LogP contribution in [0.4, 0.5) is 11.5 Å². The molecule has 0 amide bonds. The number of rotatable bonds is 4. The summed E-state index contributed by atoms with van der Waals surface area (Å²) < 4.78 is 1.49. The van der Waals surface area contributed by atoms with Gasteiger partial charge in [-0.15, -0.1) is 0 Å². The molecule has 0 aliphatic rings. The minimum atomic E-state index is -0.487. The molecule has 106 valence electrons. The van der Waals surface area contributed by atoms with Crippen molar-refractivity contribution in [3.8, 4) is 5.82 Å². The summed E-state index contributed by atoms with van der Waals surface area (Å²) in [6.07, 6.45) is 1.30. The Morgan fingerprint density at radius 1 is 1.35 bits per heavy atom. The van der Waals surface area contributed by atoms with E-state index in [0.717, 1.165) is 17.0 Å². The van der Waals surface area contributed by atoms with E-state index in [2.05, 4.69) is 20.4 Å². The van der Waals surface area contributed by atoms with E-state index in [1.807, 2.05) is 27.7 Å².